The molecule has 0 radical (unpaired) electrons. The molecule has 0 aliphatic carbocycles. The molecule has 1 unspecified atom stereocenters. The summed E-state index contributed by atoms with van der Waals surface area (Å²) in [5.41, 5.74) is -0.145. The van der Waals surface area contributed by atoms with Crippen molar-refractivity contribution in [1.29, 1.82) is 0 Å². The summed E-state index contributed by atoms with van der Waals surface area (Å²) in [7, 11) is 0. The zero-order chi connectivity index (χ0) is 13.3. The topological polar surface area (TPSA) is 59.2 Å². The first-order valence-corrected chi connectivity index (χ1v) is 7.43. The predicted molar refractivity (Wildman–Crippen MR) is 70.3 cm³/mol. The minimum atomic E-state index is -0.145. The van der Waals surface area contributed by atoms with Crippen LogP contribution in [0, 0.1) is 0 Å². The van der Waals surface area contributed by atoms with Gasteiger partial charge in [0.2, 0.25) is 11.8 Å². The maximum Gasteiger partial charge on any atom is 0.232 e. The Morgan fingerprint density at radius 2 is 2.22 bits per heavy atom. The van der Waals surface area contributed by atoms with Crippen molar-refractivity contribution in [1.82, 2.24) is 15.0 Å². The fourth-order valence-electron chi connectivity index (χ4n) is 2.14. The van der Waals surface area contributed by atoms with Crippen LogP contribution in [0.25, 0.3) is 0 Å². The molecule has 1 fully saturated rings. The van der Waals surface area contributed by atoms with Gasteiger partial charge in [-0.05, 0) is 27.0 Å². The standard InChI is InChI=1S/C12H19N3O2S/c1-12(2,3)15-6-8(5-10(15)16)11-13-9(7-18-4)14-17-11/h8H,5-7H2,1-4H3. The van der Waals surface area contributed by atoms with Gasteiger partial charge in [-0.25, -0.2) is 0 Å². The molecule has 1 saturated heterocycles. The first kappa shape index (κ1) is 13.4. The highest BCUT2D eigenvalue weighted by molar-refractivity contribution is 7.97. The Labute approximate surface area is 111 Å². The Kier molecular flexibility index (Phi) is 3.66. The van der Waals surface area contributed by atoms with Crippen LogP contribution in [-0.4, -0.2) is 39.3 Å². The largest absolute Gasteiger partial charge is 0.339 e. The molecule has 18 heavy (non-hydrogen) atoms. The summed E-state index contributed by atoms with van der Waals surface area (Å²) in [5.74, 6) is 2.25. The van der Waals surface area contributed by atoms with E-state index in [0.29, 0.717) is 24.7 Å². The summed E-state index contributed by atoms with van der Waals surface area (Å²) in [4.78, 5) is 18.2. The summed E-state index contributed by atoms with van der Waals surface area (Å²) in [6, 6.07) is 0. The number of nitrogens with zero attached hydrogens (tertiary/aromatic N) is 3. The van der Waals surface area contributed by atoms with E-state index in [1.54, 1.807) is 11.8 Å². The fraction of sp³-hybridized carbons (Fsp3) is 0.750. The predicted octanol–water partition coefficient (Wildman–Crippen LogP) is 2.05. The number of thioether (sulfide) groups is 1. The Hall–Kier alpha value is -1.04. The molecule has 5 nitrogen and oxygen atoms in total. The number of amides is 1. The number of hydrogen-bond donors (Lipinski definition) is 0. The van der Waals surface area contributed by atoms with Crippen LogP contribution in [-0.2, 0) is 10.5 Å². The molecule has 1 aliphatic heterocycles. The van der Waals surface area contributed by atoms with E-state index in [2.05, 4.69) is 10.1 Å². The van der Waals surface area contributed by atoms with Gasteiger partial charge in [-0.3, -0.25) is 4.79 Å². The Morgan fingerprint density at radius 1 is 1.50 bits per heavy atom. The van der Waals surface area contributed by atoms with Crippen molar-refractivity contribution in [2.24, 2.45) is 0 Å². The molecule has 0 spiro atoms. The van der Waals surface area contributed by atoms with E-state index < -0.39 is 0 Å². The average Bonchev–Trinajstić information content (AvgIpc) is 2.84. The summed E-state index contributed by atoms with van der Waals surface area (Å²) in [6.07, 6.45) is 2.47. The number of aromatic nitrogens is 2. The van der Waals surface area contributed by atoms with E-state index in [0.717, 1.165) is 5.75 Å². The molecular weight excluding hydrogens is 250 g/mol. The first-order valence-electron chi connectivity index (χ1n) is 6.03. The van der Waals surface area contributed by atoms with Crippen molar-refractivity contribution in [3.63, 3.8) is 0 Å². The first-order chi connectivity index (χ1) is 8.41. The minimum Gasteiger partial charge on any atom is -0.339 e. The van der Waals surface area contributed by atoms with Crippen molar-refractivity contribution in [3.8, 4) is 0 Å². The van der Waals surface area contributed by atoms with Crippen LogP contribution in [0.3, 0.4) is 0 Å². The Morgan fingerprint density at radius 3 is 2.78 bits per heavy atom. The Balaban J connectivity index is 2.09. The lowest BCUT2D eigenvalue weighted by molar-refractivity contribution is -0.131. The molecule has 2 rings (SSSR count). The Bertz CT molecular complexity index is 439. The minimum absolute atomic E-state index is 0.0415. The van der Waals surface area contributed by atoms with Crippen LogP contribution >= 0.6 is 11.8 Å². The van der Waals surface area contributed by atoms with Gasteiger partial charge in [0.05, 0.1) is 11.7 Å². The van der Waals surface area contributed by atoms with Gasteiger partial charge in [0, 0.05) is 18.5 Å². The van der Waals surface area contributed by atoms with Crippen molar-refractivity contribution in [3.05, 3.63) is 11.7 Å². The van der Waals surface area contributed by atoms with Crippen LogP contribution in [0.15, 0.2) is 4.52 Å². The average molecular weight is 269 g/mol. The lowest BCUT2D eigenvalue weighted by Crippen LogP contribution is -2.42. The van der Waals surface area contributed by atoms with E-state index in [1.807, 2.05) is 31.9 Å². The van der Waals surface area contributed by atoms with Crippen molar-refractivity contribution < 1.29 is 9.32 Å². The van der Waals surface area contributed by atoms with Crippen LogP contribution in [0.4, 0.5) is 0 Å². The third-order valence-corrected chi connectivity index (χ3v) is 3.59. The maximum absolute atomic E-state index is 12.0. The summed E-state index contributed by atoms with van der Waals surface area (Å²) in [5, 5.41) is 3.93. The molecule has 0 saturated carbocycles. The van der Waals surface area contributed by atoms with Crippen LogP contribution < -0.4 is 0 Å². The molecule has 0 N–H and O–H groups in total. The molecule has 1 aromatic rings. The van der Waals surface area contributed by atoms with Crippen LogP contribution in [0.1, 0.15) is 44.8 Å². The lowest BCUT2D eigenvalue weighted by Gasteiger charge is -2.31. The van der Waals surface area contributed by atoms with Gasteiger partial charge >= 0.3 is 0 Å². The van der Waals surface area contributed by atoms with Gasteiger partial charge in [-0.1, -0.05) is 5.16 Å². The molecule has 1 aliphatic rings. The maximum atomic E-state index is 12.0. The smallest absolute Gasteiger partial charge is 0.232 e. The quantitative estimate of drug-likeness (QED) is 0.840. The molecule has 1 amide bonds. The van der Waals surface area contributed by atoms with Gasteiger partial charge in [-0.2, -0.15) is 16.7 Å². The second kappa shape index (κ2) is 4.91. The van der Waals surface area contributed by atoms with E-state index in [9.17, 15) is 4.79 Å². The van der Waals surface area contributed by atoms with Gasteiger partial charge in [0.1, 0.15) is 0 Å². The third-order valence-electron chi connectivity index (χ3n) is 3.04. The van der Waals surface area contributed by atoms with Gasteiger partial charge in [0.25, 0.3) is 0 Å². The molecular formula is C12H19N3O2S. The van der Waals surface area contributed by atoms with E-state index >= 15 is 0 Å². The molecule has 6 heteroatoms. The molecule has 1 aromatic heterocycles. The third kappa shape index (κ3) is 2.68. The monoisotopic (exact) mass is 269 g/mol. The van der Waals surface area contributed by atoms with Crippen molar-refractivity contribution in [2.45, 2.75) is 44.4 Å². The zero-order valence-electron chi connectivity index (χ0n) is 11.3. The van der Waals surface area contributed by atoms with E-state index in [1.165, 1.54) is 0 Å². The number of carbonyl (C=O) groups excluding carboxylic acids is 1. The van der Waals surface area contributed by atoms with Gasteiger partial charge in [-0.15, -0.1) is 0 Å². The molecule has 0 bridgehead atoms. The molecule has 0 aromatic carbocycles. The number of likely N-dealkylation sites (tertiary alicyclic amines) is 1. The normalized spacial score (nSPS) is 20.8. The molecule has 100 valence electrons. The zero-order valence-corrected chi connectivity index (χ0v) is 12.1. The highest BCUT2D eigenvalue weighted by Gasteiger charge is 2.39. The fourth-order valence-corrected chi connectivity index (χ4v) is 2.52. The number of hydrogen-bond acceptors (Lipinski definition) is 5. The highest BCUT2D eigenvalue weighted by Crippen LogP contribution is 2.31. The van der Waals surface area contributed by atoms with Crippen LogP contribution in [0.5, 0.6) is 0 Å². The van der Waals surface area contributed by atoms with Gasteiger partial charge in [0.15, 0.2) is 5.82 Å². The second-order valence-electron chi connectivity index (χ2n) is 5.56. The summed E-state index contributed by atoms with van der Waals surface area (Å²) < 4.78 is 5.26. The SMILES string of the molecule is CSCc1noc(C2CC(=O)N(C(C)(C)C)C2)n1. The number of rotatable bonds is 3. The van der Waals surface area contributed by atoms with E-state index in [4.69, 9.17) is 4.52 Å². The lowest BCUT2D eigenvalue weighted by atomic mass is 10.1. The summed E-state index contributed by atoms with van der Waals surface area (Å²) in [6.45, 7) is 6.80. The van der Waals surface area contributed by atoms with Crippen LogP contribution in [0.2, 0.25) is 0 Å². The summed E-state index contributed by atoms with van der Waals surface area (Å²) >= 11 is 1.65. The molecule has 2 heterocycles. The van der Waals surface area contributed by atoms with Gasteiger partial charge < -0.3 is 9.42 Å². The van der Waals surface area contributed by atoms with Crippen molar-refractivity contribution >= 4 is 17.7 Å². The van der Waals surface area contributed by atoms with Crippen molar-refractivity contribution in [2.75, 3.05) is 12.8 Å². The second-order valence-corrected chi connectivity index (χ2v) is 6.42. The van der Waals surface area contributed by atoms with E-state index in [-0.39, 0.29) is 17.4 Å². The highest BCUT2D eigenvalue weighted by atomic mass is 32.2. The molecule has 1 atom stereocenters. The number of carbonyl (C=O) groups is 1.